The summed E-state index contributed by atoms with van der Waals surface area (Å²) in [5.41, 5.74) is 0. The van der Waals surface area contributed by atoms with E-state index >= 15 is 0 Å². The van der Waals surface area contributed by atoms with E-state index < -0.39 is 17.8 Å². The molecule has 114 valence electrons. The Labute approximate surface area is 119 Å². The number of carbonyl (C=O) groups is 3. The van der Waals surface area contributed by atoms with Crippen molar-refractivity contribution in [3.63, 3.8) is 0 Å². The molecule has 0 heterocycles. The van der Waals surface area contributed by atoms with Crippen LogP contribution in [0.15, 0.2) is 0 Å². The fraction of sp³-hybridized carbons (Fsp3) is 0.786. The lowest BCUT2D eigenvalue weighted by molar-refractivity contribution is -0.152. The van der Waals surface area contributed by atoms with Crippen molar-refractivity contribution in [2.45, 2.75) is 39.5 Å². The fourth-order valence-electron chi connectivity index (χ4n) is 2.73. The molecule has 0 aromatic rings. The highest BCUT2D eigenvalue weighted by atomic mass is 16.4. The summed E-state index contributed by atoms with van der Waals surface area (Å²) in [4.78, 5) is 36.8. The maximum absolute atomic E-state index is 12.5. The minimum Gasteiger partial charge on any atom is -0.481 e. The minimum absolute atomic E-state index is 0.00596. The smallest absolute Gasteiger partial charge is 0.307 e. The Morgan fingerprint density at radius 3 is 2.25 bits per heavy atom. The summed E-state index contributed by atoms with van der Waals surface area (Å²) < 4.78 is 0. The Kier molecular flexibility index (Phi) is 6.48. The van der Waals surface area contributed by atoms with Crippen molar-refractivity contribution in [3.8, 4) is 0 Å². The number of carboxylic acids is 1. The van der Waals surface area contributed by atoms with Crippen LogP contribution in [0.25, 0.3) is 0 Å². The predicted octanol–water partition coefficient (Wildman–Crippen LogP) is 0.862. The van der Waals surface area contributed by atoms with E-state index in [4.69, 9.17) is 0 Å². The van der Waals surface area contributed by atoms with E-state index in [1.54, 1.807) is 6.92 Å². The fourth-order valence-corrected chi connectivity index (χ4v) is 2.73. The Bertz CT molecular complexity index is 370. The summed E-state index contributed by atoms with van der Waals surface area (Å²) in [6, 6.07) is 0. The van der Waals surface area contributed by atoms with Crippen molar-refractivity contribution in [1.29, 1.82) is 0 Å². The molecule has 1 rings (SSSR count). The molecule has 0 aromatic carbocycles. The first-order valence-electron chi connectivity index (χ1n) is 7.29. The maximum Gasteiger partial charge on any atom is 0.307 e. The van der Waals surface area contributed by atoms with Crippen molar-refractivity contribution in [3.05, 3.63) is 0 Å². The number of aliphatic carboxylic acids is 1. The van der Waals surface area contributed by atoms with Gasteiger partial charge in [0, 0.05) is 13.1 Å². The normalized spacial score (nSPS) is 22.1. The molecule has 0 aliphatic heterocycles. The number of hydrogen-bond acceptors (Lipinski definition) is 3. The van der Waals surface area contributed by atoms with Crippen LogP contribution in [0, 0.1) is 11.8 Å². The predicted molar refractivity (Wildman–Crippen MR) is 74.0 cm³/mol. The number of nitrogens with zero attached hydrogens (tertiary/aromatic N) is 1. The molecule has 1 fully saturated rings. The van der Waals surface area contributed by atoms with Gasteiger partial charge in [0.2, 0.25) is 11.8 Å². The average Bonchev–Trinajstić information content (AvgIpc) is 2.44. The number of hydrogen-bond donors (Lipinski definition) is 2. The summed E-state index contributed by atoms with van der Waals surface area (Å²) in [6.45, 7) is 4.56. The molecule has 2 N–H and O–H groups in total. The van der Waals surface area contributed by atoms with Crippen LogP contribution in [-0.4, -0.2) is 47.4 Å². The molecule has 20 heavy (non-hydrogen) atoms. The van der Waals surface area contributed by atoms with Gasteiger partial charge in [0.1, 0.15) is 0 Å². The van der Waals surface area contributed by atoms with Crippen molar-refractivity contribution >= 4 is 17.8 Å². The average molecular weight is 284 g/mol. The van der Waals surface area contributed by atoms with Crippen molar-refractivity contribution in [2.75, 3.05) is 19.6 Å². The second kappa shape index (κ2) is 7.87. The Morgan fingerprint density at radius 1 is 1.15 bits per heavy atom. The molecule has 6 heteroatoms. The van der Waals surface area contributed by atoms with E-state index in [2.05, 4.69) is 5.32 Å². The van der Waals surface area contributed by atoms with Crippen LogP contribution in [0.1, 0.15) is 39.5 Å². The SMILES string of the molecule is CCNC(=O)CN(CC)C(=O)[C@@H]1CCCC[C@@H]1C(=O)O. The van der Waals surface area contributed by atoms with Crippen LogP contribution < -0.4 is 5.32 Å². The quantitative estimate of drug-likeness (QED) is 0.757. The number of amides is 2. The lowest BCUT2D eigenvalue weighted by Gasteiger charge is -2.32. The summed E-state index contributed by atoms with van der Waals surface area (Å²) in [5, 5.41) is 11.9. The lowest BCUT2D eigenvalue weighted by atomic mass is 9.78. The van der Waals surface area contributed by atoms with Crippen LogP contribution in [0.3, 0.4) is 0 Å². The van der Waals surface area contributed by atoms with E-state index in [-0.39, 0.29) is 18.4 Å². The summed E-state index contributed by atoms with van der Waals surface area (Å²) in [5.74, 6) is -2.41. The third-order valence-electron chi connectivity index (χ3n) is 3.80. The van der Waals surface area contributed by atoms with Gasteiger partial charge in [0.25, 0.3) is 0 Å². The Morgan fingerprint density at radius 2 is 1.75 bits per heavy atom. The van der Waals surface area contributed by atoms with Crippen LogP contribution in [0.4, 0.5) is 0 Å². The first kappa shape index (κ1) is 16.5. The van der Waals surface area contributed by atoms with Gasteiger partial charge in [-0.15, -0.1) is 0 Å². The van der Waals surface area contributed by atoms with E-state index in [9.17, 15) is 19.5 Å². The zero-order chi connectivity index (χ0) is 15.1. The molecular weight excluding hydrogens is 260 g/mol. The Balaban J connectivity index is 2.72. The highest BCUT2D eigenvalue weighted by molar-refractivity contribution is 5.88. The molecule has 2 atom stereocenters. The van der Waals surface area contributed by atoms with Gasteiger partial charge in [-0.25, -0.2) is 0 Å². The van der Waals surface area contributed by atoms with Gasteiger partial charge < -0.3 is 15.3 Å². The lowest BCUT2D eigenvalue weighted by Crippen LogP contribution is -2.46. The van der Waals surface area contributed by atoms with Gasteiger partial charge in [-0.3, -0.25) is 14.4 Å². The highest BCUT2D eigenvalue weighted by Crippen LogP contribution is 2.31. The number of carbonyl (C=O) groups excluding carboxylic acids is 2. The summed E-state index contributed by atoms with van der Waals surface area (Å²) in [6.07, 6.45) is 2.87. The largest absolute Gasteiger partial charge is 0.481 e. The van der Waals surface area contributed by atoms with Crippen LogP contribution >= 0.6 is 0 Å². The van der Waals surface area contributed by atoms with Gasteiger partial charge in [0.15, 0.2) is 0 Å². The maximum atomic E-state index is 12.5. The van der Waals surface area contributed by atoms with Crippen LogP contribution in [0.5, 0.6) is 0 Å². The zero-order valence-corrected chi connectivity index (χ0v) is 12.2. The van der Waals surface area contributed by atoms with E-state index in [0.29, 0.717) is 25.9 Å². The molecule has 0 aromatic heterocycles. The molecule has 0 radical (unpaired) electrons. The number of rotatable bonds is 6. The number of carboxylic acid groups (broad SMARTS) is 1. The van der Waals surface area contributed by atoms with Gasteiger partial charge in [-0.05, 0) is 26.7 Å². The molecular formula is C14H24N2O4. The minimum atomic E-state index is -0.905. The van der Waals surface area contributed by atoms with Gasteiger partial charge >= 0.3 is 5.97 Å². The van der Waals surface area contributed by atoms with E-state index in [1.807, 2.05) is 6.92 Å². The third-order valence-corrected chi connectivity index (χ3v) is 3.80. The number of likely N-dealkylation sites (N-methyl/N-ethyl adjacent to an activating group) is 2. The molecule has 0 spiro atoms. The summed E-state index contributed by atoms with van der Waals surface area (Å²) >= 11 is 0. The molecule has 1 aliphatic rings. The standard InChI is InChI=1S/C14H24N2O4/c1-3-15-12(17)9-16(4-2)13(18)10-7-5-6-8-11(10)14(19)20/h10-11H,3-9H2,1-2H3,(H,15,17)(H,19,20)/t10-,11+/m1/s1. The number of nitrogens with one attached hydrogen (secondary N) is 1. The van der Waals surface area contributed by atoms with Crippen molar-refractivity contribution in [1.82, 2.24) is 10.2 Å². The molecule has 0 bridgehead atoms. The van der Waals surface area contributed by atoms with Gasteiger partial charge in [-0.1, -0.05) is 12.8 Å². The molecule has 0 unspecified atom stereocenters. The van der Waals surface area contributed by atoms with Crippen LogP contribution in [-0.2, 0) is 14.4 Å². The van der Waals surface area contributed by atoms with E-state index in [1.165, 1.54) is 4.90 Å². The van der Waals surface area contributed by atoms with Gasteiger partial charge in [-0.2, -0.15) is 0 Å². The van der Waals surface area contributed by atoms with Crippen molar-refractivity contribution < 1.29 is 19.5 Å². The highest BCUT2D eigenvalue weighted by Gasteiger charge is 2.37. The van der Waals surface area contributed by atoms with E-state index in [0.717, 1.165) is 12.8 Å². The molecule has 1 aliphatic carbocycles. The van der Waals surface area contributed by atoms with Crippen molar-refractivity contribution in [2.24, 2.45) is 11.8 Å². The molecule has 1 saturated carbocycles. The monoisotopic (exact) mass is 284 g/mol. The molecule has 2 amide bonds. The second-order valence-corrected chi connectivity index (χ2v) is 5.14. The topological polar surface area (TPSA) is 86.7 Å². The molecule has 6 nitrogen and oxygen atoms in total. The third kappa shape index (κ3) is 4.21. The Hall–Kier alpha value is -1.59. The first-order chi connectivity index (χ1) is 9.51. The molecule has 0 saturated heterocycles. The van der Waals surface area contributed by atoms with Crippen LogP contribution in [0.2, 0.25) is 0 Å². The van der Waals surface area contributed by atoms with Gasteiger partial charge in [0.05, 0.1) is 18.4 Å². The first-order valence-corrected chi connectivity index (χ1v) is 7.29. The second-order valence-electron chi connectivity index (χ2n) is 5.14. The zero-order valence-electron chi connectivity index (χ0n) is 12.2. The summed E-state index contributed by atoms with van der Waals surface area (Å²) in [7, 11) is 0.